The number of nitrogens with one attached hydrogen (secondary N) is 2. The number of benzene rings is 2. The zero-order valence-corrected chi connectivity index (χ0v) is 21.4. The van der Waals surface area contributed by atoms with Gasteiger partial charge in [-0.05, 0) is 62.6 Å². The molecule has 3 aromatic rings. The Morgan fingerprint density at radius 1 is 1.05 bits per heavy atom. The van der Waals surface area contributed by atoms with Crippen LogP contribution in [0.25, 0.3) is 11.3 Å². The number of amides is 2. The number of hydrogen-bond donors (Lipinski definition) is 3. The molecule has 0 fully saturated rings. The van der Waals surface area contributed by atoms with Crippen LogP contribution < -0.4 is 16.4 Å². The number of rotatable bonds is 9. The van der Waals surface area contributed by atoms with Crippen molar-refractivity contribution in [3.63, 3.8) is 0 Å². The predicted octanol–water partition coefficient (Wildman–Crippen LogP) is 4.26. The lowest BCUT2D eigenvalue weighted by Crippen LogP contribution is -2.47. The molecular formula is C27H30F4N6O2. The second kappa shape index (κ2) is 11.9. The SMILES string of the molecule is Cc1ccc(Nc2c(-c3ccc(F)cc3)nc3n2CCN(C(=O)[C@H](N)CCCCNC(=O)C(F)(F)F)C3)cc1. The maximum Gasteiger partial charge on any atom is 0.471 e. The van der Waals surface area contributed by atoms with Crippen molar-refractivity contribution in [2.75, 3.05) is 18.4 Å². The summed E-state index contributed by atoms with van der Waals surface area (Å²) < 4.78 is 52.4. The molecule has 4 N–H and O–H groups in total. The fraction of sp³-hybridized carbons (Fsp3) is 0.370. The Morgan fingerprint density at radius 2 is 1.74 bits per heavy atom. The number of halogens is 4. The fourth-order valence-electron chi connectivity index (χ4n) is 4.38. The first kappa shape index (κ1) is 28.1. The van der Waals surface area contributed by atoms with E-state index in [2.05, 4.69) is 5.32 Å². The van der Waals surface area contributed by atoms with Crippen LogP contribution in [0, 0.1) is 12.7 Å². The normalized spacial score (nSPS) is 14.1. The van der Waals surface area contributed by atoms with Crippen LogP contribution in [-0.2, 0) is 22.7 Å². The number of alkyl halides is 3. The molecule has 2 heterocycles. The minimum atomic E-state index is -4.92. The van der Waals surface area contributed by atoms with E-state index in [0.717, 1.165) is 22.6 Å². The number of unbranched alkanes of at least 4 members (excludes halogenated alkanes) is 1. The minimum Gasteiger partial charge on any atom is -0.348 e. The summed E-state index contributed by atoms with van der Waals surface area (Å²) in [5.41, 5.74) is 9.43. The Morgan fingerprint density at radius 3 is 2.41 bits per heavy atom. The summed E-state index contributed by atoms with van der Waals surface area (Å²) in [6.45, 7) is 2.92. The maximum absolute atomic E-state index is 13.6. The molecule has 0 radical (unpaired) electrons. The van der Waals surface area contributed by atoms with Crippen molar-refractivity contribution >= 4 is 23.3 Å². The third kappa shape index (κ3) is 6.94. The third-order valence-corrected chi connectivity index (χ3v) is 6.52. The zero-order chi connectivity index (χ0) is 28.2. The molecule has 208 valence electrons. The summed E-state index contributed by atoms with van der Waals surface area (Å²) in [5.74, 6) is -1.24. The smallest absolute Gasteiger partial charge is 0.348 e. The van der Waals surface area contributed by atoms with Crippen LogP contribution in [0.4, 0.5) is 29.1 Å². The molecule has 2 aromatic carbocycles. The van der Waals surface area contributed by atoms with Gasteiger partial charge in [0.2, 0.25) is 5.91 Å². The summed E-state index contributed by atoms with van der Waals surface area (Å²) in [5, 5.41) is 5.23. The van der Waals surface area contributed by atoms with E-state index in [0.29, 0.717) is 31.0 Å². The molecule has 12 heteroatoms. The van der Waals surface area contributed by atoms with Crippen LogP contribution >= 0.6 is 0 Å². The lowest BCUT2D eigenvalue weighted by atomic mass is 10.1. The third-order valence-electron chi connectivity index (χ3n) is 6.52. The second-order valence-electron chi connectivity index (χ2n) is 9.49. The molecular weight excluding hydrogens is 516 g/mol. The molecule has 1 aliphatic rings. The van der Waals surface area contributed by atoms with Crippen LogP contribution in [0.5, 0.6) is 0 Å². The number of aryl methyl sites for hydroxylation is 1. The van der Waals surface area contributed by atoms with Crippen molar-refractivity contribution in [1.82, 2.24) is 19.8 Å². The first-order valence-corrected chi connectivity index (χ1v) is 12.6. The number of anilines is 2. The second-order valence-corrected chi connectivity index (χ2v) is 9.49. The number of nitrogens with two attached hydrogens (primary N) is 1. The molecule has 1 aliphatic heterocycles. The van der Waals surface area contributed by atoms with E-state index < -0.39 is 18.1 Å². The Kier molecular flexibility index (Phi) is 8.54. The molecule has 2 amide bonds. The Bertz CT molecular complexity index is 1310. The lowest BCUT2D eigenvalue weighted by molar-refractivity contribution is -0.173. The van der Waals surface area contributed by atoms with Crippen LogP contribution in [0.2, 0.25) is 0 Å². The topological polar surface area (TPSA) is 105 Å². The molecule has 1 aromatic heterocycles. The van der Waals surface area contributed by atoms with Gasteiger partial charge < -0.3 is 25.8 Å². The number of nitrogens with zero attached hydrogens (tertiary/aromatic N) is 3. The monoisotopic (exact) mass is 546 g/mol. The summed E-state index contributed by atoms with van der Waals surface area (Å²) >= 11 is 0. The van der Waals surface area contributed by atoms with Crippen LogP contribution in [0.1, 0.15) is 30.7 Å². The molecule has 8 nitrogen and oxygen atoms in total. The van der Waals surface area contributed by atoms with E-state index in [4.69, 9.17) is 10.7 Å². The highest BCUT2D eigenvalue weighted by atomic mass is 19.4. The molecule has 0 saturated heterocycles. The van der Waals surface area contributed by atoms with Crippen molar-refractivity contribution in [2.24, 2.45) is 5.73 Å². The van der Waals surface area contributed by atoms with Gasteiger partial charge in [-0.3, -0.25) is 9.59 Å². The van der Waals surface area contributed by atoms with E-state index in [1.807, 2.05) is 35.8 Å². The Labute approximate surface area is 223 Å². The van der Waals surface area contributed by atoms with Gasteiger partial charge in [0.1, 0.15) is 23.2 Å². The average molecular weight is 547 g/mol. The summed E-state index contributed by atoms with van der Waals surface area (Å²) in [6, 6.07) is 13.1. The number of imidazole rings is 1. The van der Waals surface area contributed by atoms with E-state index in [9.17, 15) is 27.2 Å². The number of hydrogen-bond acceptors (Lipinski definition) is 5. The highest BCUT2D eigenvalue weighted by Crippen LogP contribution is 2.33. The Hall–Kier alpha value is -3.93. The highest BCUT2D eigenvalue weighted by Gasteiger charge is 2.38. The molecule has 0 unspecified atom stereocenters. The summed E-state index contributed by atoms with van der Waals surface area (Å²) in [6.07, 6.45) is -4.00. The zero-order valence-electron chi connectivity index (χ0n) is 21.4. The van der Waals surface area contributed by atoms with E-state index >= 15 is 0 Å². The van der Waals surface area contributed by atoms with Crippen molar-refractivity contribution in [1.29, 1.82) is 0 Å². The van der Waals surface area contributed by atoms with Gasteiger partial charge >= 0.3 is 12.1 Å². The van der Waals surface area contributed by atoms with Crippen molar-refractivity contribution in [2.45, 2.75) is 51.5 Å². The van der Waals surface area contributed by atoms with Gasteiger partial charge in [0.05, 0.1) is 12.6 Å². The Balaban J connectivity index is 1.43. The first-order valence-electron chi connectivity index (χ1n) is 12.6. The van der Waals surface area contributed by atoms with E-state index in [1.165, 1.54) is 12.1 Å². The van der Waals surface area contributed by atoms with Gasteiger partial charge in [0.15, 0.2) is 0 Å². The molecule has 0 spiro atoms. The standard InChI is InChI=1S/C27H30F4N6O2/c1-17-5-11-20(12-6-17)34-24-23(18-7-9-19(28)10-8-18)35-22-16-36(14-15-37(22)24)25(38)21(32)4-2-3-13-33-26(39)27(29,30)31/h5-12,21,34H,2-4,13-16,32H2,1H3,(H,33,39)/t21-/m1/s1. The van der Waals surface area contributed by atoms with Gasteiger partial charge in [0.25, 0.3) is 0 Å². The number of aromatic nitrogens is 2. The first-order chi connectivity index (χ1) is 18.5. The van der Waals surface area contributed by atoms with Crippen molar-refractivity contribution < 1.29 is 27.2 Å². The number of fused-ring (bicyclic) bond motifs is 1. The molecule has 0 aliphatic carbocycles. The molecule has 0 bridgehead atoms. The average Bonchev–Trinajstić information content (AvgIpc) is 3.26. The minimum absolute atomic E-state index is 0.149. The molecule has 1 atom stereocenters. The number of carbonyl (C=O) groups excluding carboxylic acids is 2. The quantitative estimate of drug-likeness (QED) is 0.275. The molecule has 4 rings (SSSR count). The predicted molar refractivity (Wildman–Crippen MR) is 138 cm³/mol. The van der Waals surface area contributed by atoms with E-state index in [1.54, 1.807) is 22.3 Å². The van der Waals surface area contributed by atoms with Gasteiger partial charge in [-0.1, -0.05) is 17.7 Å². The van der Waals surface area contributed by atoms with Crippen LogP contribution in [0.15, 0.2) is 48.5 Å². The maximum atomic E-state index is 13.6. The van der Waals surface area contributed by atoms with Crippen molar-refractivity contribution in [3.05, 3.63) is 65.7 Å². The van der Waals surface area contributed by atoms with Gasteiger partial charge in [-0.2, -0.15) is 13.2 Å². The highest BCUT2D eigenvalue weighted by molar-refractivity contribution is 5.82. The van der Waals surface area contributed by atoms with Crippen LogP contribution in [-0.4, -0.2) is 51.6 Å². The fourth-order valence-corrected chi connectivity index (χ4v) is 4.38. The summed E-state index contributed by atoms with van der Waals surface area (Å²) in [7, 11) is 0. The number of carbonyl (C=O) groups is 2. The van der Waals surface area contributed by atoms with Crippen molar-refractivity contribution in [3.8, 4) is 11.3 Å². The summed E-state index contributed by atoms with van der Waals surface area (Å²) in [4.78, 5) is 30.3. The van der Waals surface area contributed by atoms with Gasteiger partial charge in [-0.25, -0.2) is 9.37 Å². The molecule has 39 heavy (non-hydrogen) atoms. The van der Waals surface area contributed by atoms with E-state index in [-0.39, 0.29) is 37.7 Å². The van der Waals surface area contributed by atoms with Gasteiger partial charge in [0, 0.05) is 30.9 Å². The lowest BCUT2D eigenvalue weighted by Gasteiger charge is -2.30. The van der Waals surface area contributed by atoms with Crippen LogP contribution in [0.3, 0.4) is 0 Å². The molecule has 0 saturated carbocycles. The largest absolute Gasteiger partial charge is 0.471 e. The van der Waals surface area contributed by atoms with Gasteiger partial charge in [-0.15, -0.1) is 0 Å².